The third kappa shape index (κ3) is 9.85. The highest BCUT2D eigenvalue weighted by atomic mass is 16.7. The van der Waals surface area contributed by atoms with Crippen molar-refractivity contribution in [1.82, 2.24) is 0 Å². The molecule has 1 aliphatic rings. The molecule has 1 aliphatic heterocycles. The lowest BCUT2D eigenvalue weighted by atomic mass is 9.97. The highest BCUT2D eigenvalue weighted by molar-refractivity contribution is 5.77. The number of terminal acetylenes is 1. The van der Waals surface area contributed by atoms with Crippen LogP contribution in [0, 0.1) is 32.6 Å². The predicted octanol–water partition coefficient (Wildman–Crippen LogP) is 2.85. The van der Waals surface area contributed by atoms with Crippen molar-refractivity contribution in [3.05, 3.63) is 68.3 Å². The van der Waals surface area contributed by atoms with Gasteiger partial charge in [-0.2, -0.15) is 0 Å². The van der Waals surface area contributed by atoms with Gasteiger partial charge in [-0.05, 0) is 18.2 Å². The molecule has 0 amide bonds. The van der Waals surface area contributed by atoms with Crippen molar-refractivity contribution in [2.45, 2.75) is 64.0 Å². The molecule has 260 valence electrons. The molecule has 0 bridgehead atoms. The molecule has 19 heteroatoms. The SMILES string of the molecule is C#CC[C@H](OC(=O)Oc1ccc([N+](=O)[O-])cc1)c1ccc(O[C@@H]2O[C@H](C(=O)OC)[C@@H](OC(C)=O)[C@H](OC(C)=O)[C@H]2OC(C)=O)c([N+](=O)[O-])c1. The molecule has 1 saturated heterocycles. The monoisotopic (exact) mass is 688 g/mol. The van der Waals surface area contributed by atoms with Crippen molar-refractivity contribution in [3.63, 3.8) is 0 Å². The Hall–Kier alpha value is -6.29. The van der Waals surface area contributed by atoms with Crippen molar-refractivity contribution in [2.24, 2.45) is 0 Å². The van der Waals surface area contributed by atoms with Gasteiger partial charge < -0.3 is 37.9 Å². The van der Waals surface area contributed by atoms with E-state index in [9.17, 15) is 44.2 Å². The minimum Gasteiger partial charge on any atom is -0.467 e. The Kier molecular flexibility index (Phi) is 12.5. The molecule has 0 radical (unpaired) electrons. The average molecular weight is 689 g/mol. The zero-order valence-electron chi connectivity index (χ0n) is 26.1. The summed E-state index contributed by atoms with van der Waals surface area (Å²) in [5, 5.41) is 23.0. The van der Waals surface area contributed by atoms with E-state index in [0.29, 0.717) is 0 Å². The van der Waals surface area contributed by atoms with Crippen molar-refractivity contribution in [3.8, 4) is 23.8 Å². The zero-order valence-corrected chi connectivity index (χ0v) is 26.1. The summed E-state index contributed by atoms with van der Waals surface area (Å²) in [5.41, 5.74) is -1.01. The van der Waals surface area contributed by atoms with Gasteiger partial charge in [0.1, 0.15) is 11.9 Å². The van der Waals surface area contributed by atoms with Crippen molar-refractivity contribution in [2.75, 3.05) is 7.11 Å². The van der Waals surface area contributed by atoms with E-state index in [1.807, 2.05) is 0 Å². The Morgan fingerprint density at radius 1 is 0.878 bits per heavy atom. The number of rotatable bonds is 12. The van der Waals surface area contributed by atoms with Gasteiger partial charge in [-0.3, -0.25) is 34.6 Å². The fraction of sp³-hybridized carbons (Fsp3) is 0.367. The second-order valence-electron chi connectivity index (χ2n) is 9.89. The number of nitro groups is 2. The van der Waals surface area contributed by atoms with Crippen molar-refractivity contribution < 1.29 is 71.7 Å². The number of ether oxygens (including phenoxy) is 8. The number of nitro benzene ring substituents is 2. The third-order valence-electron chi connectivity index (χ3n) is 6.42. The molecular formula is C30H28N2O17. The number of esters is 4. The van der Waals surface area contributed by atoms with Crippen LogP contribution >= 0.6 is 0 Å². The summed E-state index contributed by atoms with van der Waals surface area (Å²) in [6, 6.07) is 7.71. The number of methoxy groups -OCH3 is 1. The third-order valence-corrected chi connectivity index (χ3v) is 6.42. The van der Waals surface area contributed by atoms with Crippen LogP contribution in [-0.4, -0.2) is 77.7 Å². The highest BCUT2D eigenvalue weighted by Gasteiger charge is 2.56. The first-order valence-electron chi connectivity index (χ1n) is 13.9. The molecule has 0 saturated carbocycles. The molecule has 2 aromatic carbocycles. The largest absolute Gasteiger partial charge is 0.514 e. The van der Waals surface area contributed by atoms with Gasteiger partial charge in [0.2, 0.25) is 12.4 Å². The van der Waals surface area contributed by atoms with E-state index in [0.717, 1.165) is 64.3 Å². The maximum atomic E-state index is 12.7. The summed E-state index contributed by atoms with van der Waals surface area (Å²) in [6.07, 6.45) is -6.36. The van der Waals surface area contributed by atoms with E-state index in [2.05, 4.69) is 5.92 Å². The molecule has 0 aliphatic carbocycles. The van der Waals surface area contributed by atoms with Crippen LogP contribution in [0.5, 0.6) is 11.5 Å². The Morgan fingerprint density at radius 2 is 1.47 bits per heavy atom. The fourth-order valence-corrected chi connectivity index (χ4v) is 4.48. The second kappa shape index (κ2) is 16.5. The lowest BCUT2D eigenvalue weighted by Gasteiger charge is -2.42. The maximum Gasteiger partial charge on any atom is 0.514 e. The average Bonchev–Trinajstić information content (AvgIpc) is 3.02. The molecule has 49 heavy (non-hydrogen) atoms. The molecular weight excluding hydrogens is 660 g/mol. The molecule has 19 nitrogen and oxygen atoms in total. The Balaban J connectivity index is 1.97. The van der Waals surface area contributed by atoms with E-state index in [1.54, 1.807) is 0 Å². The minimum atomic E-state index is -1.90. The first kappa shape index (κ1) is 37.2. The predicted molar refractivity (Wildman–Crippen MR) is 157 cm³/mol. The molecule has 0 N–H and O–H groups in total. The topological polar surface area (TPSA) is 245 Å². The molecule has 0 unspecified atom stereocenters. The van der Waals surface area contributed by atoms with Crippen LogP contribution in [0.25, 0.3) is 0 Å². The summed E-state index contributed by atoms with van der Waals surface area (Å²) in [4.78, 5) is 82.6. The molecule has 6 atom stereocenters. The number of hydrogen-bond donors (Lipinski definition) is 0. The van der Waals surface area contributed by atoms with Gasteiger partial charge in [-0.15, -0.1) is 12.3 Å². The second-order valence-corrected chi connectivity index (χ2v) is 9.89. The Bertz CT molecular complexity index is 1650. The van der Waals surface area contributed by atoms with Gasteiger partial charge in [0.25, 0.3) is 5.69 Å². The number of non-ortho nitro benzene ring substituents is 1. The molecule has 3 rings (SSSR count). The van der Waals surface area contributed by atoms with E-state index >= 15 is 0 Å². The van der Waals surface area contributed by atoms with E-state index in [1.165, 1.54) is 6.07 Å². The molecule has 1 fully saturated rings. The Labute approximate surface area is 276 Å². The molecule has 0 aromatic heterocycles. The number of nitrogens with zero attached hydrogens (tertiary/aromatic N) is 2. The van der Waals surface area contributed by atoms with E-state index < -0.39 is 88.1 Å². The Morgan fingerprint density at radius 3 is 2.00 bits per heavy atom. The van der Waals surface area contributed by atoms with E-state index in [4.69, 9.17) is 44.3 Å². The van der Waals surface area contributed by atoms with Crippen LogP contribution in [0.15, 0.2) is 42.5 Å². The molecule has 0 spiro atoms. The van der Waals surface area contributed by atoms with Crippen LogP contribution in [0.2, 0.25) is 0 Å². The quantitative estimate of drug-likeness (QED) is 0.0776. The number of hydrogen-bond acceptors (Lipinski definition) is 17. The molecule has 2 aromatic rings. The maximum absolute atomic E-state index is 12.7. The van der Waals surface area contributed by atoms with Gasteiger partial charge in [-0.1, -0.05) is 6.07 Å². The summed E-state index contributed by atoms with van der Waals surface area (Å²) in [7, 11) is 0.978. The standard InChI is InChI=1S/C30H28N2O17/c1-6-7-22(48-30(37)46-20-11-9-19(10-12-20)31(38)39)18-8-13-23(21(14-18)32(40)41)47-29-27(45-17(4)35)25(44-16(3)34)24(43-15(2)33)26(49-29)28(36)42-5/h1,8-14,22,24-27,29H,7H2,2-5H3/t22-,24-,25-,26-,27+,29+/m0/s1. The highest BCUT2D eigenvalue weighted by Crippen LogP contribution is 2.37. The number of carbonyl (C=O) groups excluding carboxylic acids is 5. The van der Waals surface area contributed by atoms with Gasteiger partial charge >= 0.3 is 35.7 Å². The lowest BCUT2D eigenvalue weighted by Crippen LogP contribution is -2.64. The summed E-state index contributed by atoms with van der Waals surface area (Å²) in [6.45, 7) is 2.94. The first-order valence-corrected chi connectivity index (χ1v) is 13.9. The number of carbonyl (C=O) groups is 5. The molecule has 1 heterocycles. The summed E-state index contributed by atoms with van der Waals surface area (Å²) >= 11 is 0. The van der Waals surface area contributed by atoms with Crippen molar-refractivity contribution >= 4 is 41.4 Å². The van der Waals surface area contributed by atoms with Crippen LogP contribution in [0.1, 0.15) is 38.9 Å². The van der Waals surface area contributed by atoms with Gasteiger partial charge in [0.05, 0.1) is 23.4 Å². The smallest absolute Gasteiger partial charge is 0.467 e. The van der Waals surface area contributed by atoms with Crippen LogP contribution in [0.4, 0.5) is 16.2 Å². The summed E-state index contributed by atoms with van der Waals surface area (Å²) in [5.74, 6) is -2.34. The van der Waals surface area contributed by atoms with Gasteiger partial charge in [0, 0.05) is 44.5 Å². The van der Waals surface area contributed by atoms with Crippen LogP contribution < -0.4 is 9.47 Å². The fourth-order valence-electron chi connectivity index (χ4n) is 4.48. The number of benzene rings is 2. The van der Waals surface area contributed by atoms with Crippen LogP contribution in [0.3, 0.4) is 0 Å². The lowest BCUT2D eigenvalue weighted by molar-refractivity contribution is -0.387. The van der Waals surface area contributed by atoms with Gasteiger partial charge in [-0.25, -0.2) is 9.59 Å². The normalized spacial score (nSPS) is 20.3. The van der Waals surface area contributed by atoms with Crippen molar-refractivity contribution in [1.29, 1.82) is 0 Å². The zero-order chi connectivity index (χ0) is 36.4. The van der Waals surface area contributed by atoms with Crippen LogP contribution in [-0.2, 0) is 47.6 Å². The van der Waals surface area contributed by atoms with E-state index in [-0.39, 0.29) is 23.4 Å². The minimum absolute atomic E-state index is 0.00102. The summed E-state index contributed by atoms with van der Waals surface area (Å²) < 4.78 is 42.1. The van der Waals surface area contributed by atoms with Gasteiger partial charge in [0.15, 0.2) is 24.1 Å². The first-order chi connectivity index (χ1) is 23.1.